The first kappa shape index (κ1) is 41.2. The van der Waals surface area contributed by atoms with Crippen LogP contribution in [0.5, 0.6) is 0 Å². The van der Waals surface area contributed by atoms with Gasteiger partial charge in [-0.2, -0.15) is 0 Å². The maximum atomic E-state index is 7.58. The summed E-state index contributed by atoms with van der Waals surface area (Å²) in [5.74, 6) is 0. The van der Waals surface area contributed by atoms with Gasteiger partial charge in [0.05, 0.1) is 5.69 Å². The minimum Gasteiger partial charge on any atom is -0.456 e. The van der Waals surface area contributed by atoms with Crippen LogP contribution in [-0.2, 0) is 27.1 Å². The predicted octanol–water partition coefficient (Wildman–Crippen LogP) is 15.5. The topological polar surface area (TPSA) is 19.6 Å². The largest absolute Gasteiger partial charge is 0.456 e. The summed E-state index contributed by atoms with van der Waals surface area (Å²) >= 11 is 0. The lowest BCUT2D eigenvalue weighted by Gasteiger charge is -2.55. The Hall–Kier alpha value is -5.22. The van der Waals surface area contributed by atoms with Crippen molar-refractivity contribution in [1.82, 2.24) is 0 Å². The summed E-state index contributed by atoms with van der Waals surface area (Å²) in [4.78, 5) is 5.62. The van der Waals surface area contributed by atoms with E-state index >= 15 is 0 Å². The molecule has 4 heterocycles. The Morgan fingerprint density at radius 2 is 1.22 bits per heavy atom. The van der Waals surface area contributed by atoms with E-state index in [4.69, 9.17) is 4.42 Å². The van der Waals surface area contributed by atoms with Gasteiger partial charge in [-0.1, -0.05) is 138 Å². The van der Waals surface area contributed by atoms with Crippen molar-refractivity contribution >= 4 is 62.5 Å². The van der Waals surface area contributed by atoms with Gasteiger partial charge in [-0.05, 0) is 160 Å². The van der Waals surface area contributed by atoms with E-state index in [0.29, 0.717) is 0 Å². The molecule has 65 heavy (non-hydrogen) atoms. The summed E-state index contributed by atoms with van der Waals surface area (Å²) in [5, 5.41) is 2.48. The zero-order chi connectivity index (χ0) is 45.5. The Balaban J connectivity index is 1.24. The fourth-order valence-corrected chi connectivity index (χ4v) is 13.6. The molecule has 3 nitrogen and oxygen atoms in total. The molecule has 4 heteroatoms. The summed E-state index contributed by atoms with van der Waals surface area (Å²) in [5.41, 5.74) is 23.8. The molecule has 0 amide bonds. The third-order valence-corrected chi connectivity index (χ3v) is 17.8. The smallest absolute Gasteiger partial charge is 0.332 e. The number of anilines is 4. The van der Waals surface area contributed by atoms with Crippen LogP contribution in [0.1, 0.15) is 155 Å². The highest BCUT2D eigenvalue weighted by Crippen LogP contribution is 2.64. The molecule has 3 aliphatic heterocycles. The number of rotatable bonds is 2. The summed E-state index contributed by atoms with van der Waals surface area (Å²) < 4.78 is 7.58. The van der Waals surface area contributed by atoms with Crippen LogP contribution >= 0.6 is 0 Å². The second-order valence-corrected chi connectivity index (χ2v) is 24.8. The van der Waals surface area contributed by atoms with Crippen LogP contribution in [0, 0.1) is 6.92 Å². The van der Waals surface area contributed by atoms with E-state index in [-0.39, 0.29) is 39.5 Å². The van der Waals surface area contributed by atoms with E-state index in [1.807, 2.05) is 0 Å². The van der Waals surface area contributed by atoms with E-state index in [1.165, 1.54) is 127 Å². The number of fused-ring (bicyclic) bond motifs is 12. The van der Waals surface area contributed by atoms with Gasteiger partial charge < -0.3 is 14.1 Å². The van der Waals surface area contributed by atoms with E-state index < -0.39 is 0 Å². The monoisotopic (exact) mass is 855 g/mol. The van der Waals surface area contributed by atoms with Gasteiger partial charge >= 0.3 is 6.85 Å². The summed E-state index contributed by atoms with van der Waals surface area (Å²) in [6, 6.07) is 38.5. The number of furan rings is 1. The first-order chi connectivity index (χ1) is 30.6. The van der Waals surface area contributed by atoms with Crippen molar-refractivity contribution in [3.63, 3.8) is 0 Å². The Morgan fingerprint density at radius 3 is 1.92 bits per heavy atom. The Morgan fingerprint density at radius 1 is 0.554 bits per heavy atom. The molecule has 0 bridgehead atoms. The Kier molecular flexibility index (Phi) is 8.26. The molecule has 2 aliphatic carbocycles. The average Bonchev–Trinajstić information content (AvgIpc) is 3.72. The highest BCUT2D eigenvalue weighted by Gasteiger charge is 2.63. The van der Waals surface area contributed by atoms with Crippen LogP contribution in [-0.4, -0.2) is 12.4 Å². The lowest BCUT2D eigenvalue weighted by Crippen LogP contribution is -2.70. The number of hydrogen-bond donors (Lipinski definition) is 0. The van der Waals surface area contributed by atoms with Crippen LogP contribution in [0.4, 0.5) is 22.7 Å². The van der Waals surface area contributed by atoms with Gasteiger partial charge in [0, 0.05) is 55.4 Å². The van der Waals surface area contributed by atoms with Crippen LogP contribution in [0.15, 0.2) is 101 Å². The van der Waals surface area contributed by atoms with Gasteiger partial charge in [-0.15, -0.1) is 0 Å². The molecule has 5 aliphatic rings. The second-order valence-electron chi connectivity index (χ2n) is 24.8. The molecule has 1 fully saturated rings. The molecule has 330 valence electrons. The molecule has 0 N–H and O–H groups in total. The molecule has 2 unspecified atom stereocenters. The number of nitrogens with zero attached hydrogens (tertiary/aromatic N) is 2. The molecule has 7 aromatic rings. The normalized spacial score (nSPS) is 22.4. The third-order valence-electron chi connectivity index (χ3n) is 17.8. The fraction of sp³-hybridized carbons (Fsp3) is 0.410. The molecule has 1 aromatic heterocycles. The average molecular weight is 855 g/mol. The molecule has 0 saturated heterocycles. The maximum Gasteiger partial charge on any atom is 0.332 e. The first-order valence-electron chi connectivity index (χ1n) is 24.8. The van der Waals surface area contributed by atoms with Crippen molar-refractivity contribution in [2.24, 2.45) is 0 Å². The van der Waals surface area contributed by atoms with E-state index in [9.17, 15) is 0 Å². The Labute approximate surface area is 388 Å². The summed E-state index contributed by atoms with van der Waals surface area (Å²) in [6.45, 7) is 31.5. The third kappa shape index (κ3) is 5.49. The van der Waals surface area contributed by atoms with Gasteiger partial charge in [-0.25, -0.2) is 0 Å². The van der Waals surface area contributed by atoms with Crippen LogP contribution in [0.3, 0.4) is 0 Å². The number of aryl methyl sites for hydroxylation is 1. The Bertz CT molecular complexity index is 3190. The summed E-state index contributed by atoms with van der Waals surface area (Å²) in [7, 11) is 0. The van der Waals surface area contributed by atoms with Crippen molar-refractivity contribution in [2.45, 2.75) is 161 Å². The molecule has 0 radical (unpaired) electrons. The van der Waals surface area contributed by atoms with Gasteiger partial charge in [0.2, 0.25) is 0 Å². The van der Waals surface area contributed by atoms with Crippen LogP contribution in [0.25, 0.3) is 44.2 Å². The number of hydrogen-bond acceptors (Lipinski definition) is 3. The minimum absolute atomic E-state index is 0.00185. The molecule has 2 atom stereocenters. The van der Waals surface area contributed by atoms with Gasteiger partial charge in [-0.3, -0.25) is 0 Å². The maximum absolute atomic E-state index is 7.58. The summed E-state index contributed by atoms with van der Waals surface area (Å²) in [6.07, 6.45) is 7.21. The van der Waals surface area contributed by atoms with E-state index in [1.54, 1.807) is 5.56 Å². The molecule has 0 spiro atoms. The number of benzene rings is 6. The zero-order valence-corrected chi connectivity index (χ0v) is 41.4. The van der Waals surface area contributed by atoms with Crippen molar-refractivity contribution in [2.75, 3.05) is 9.71 Å². The van der Waals surface area contributed by atoms with Crippen molar-refractivity contribution in [3.05, 3.63) is 130 Å². The SMILES string of the molecule is Cc1cc2c3c(c1)N(c1ccc(C(C)(C)C)cc1-c1ccccc1)c1ccc4c(oc5cc6c(cc54)C(C)(C)CCC6(C)C)c1B3N1c3c-2cc(C(C)(C)C)cc3C2(C)CCCCC12C. The molecule has 6 aromatic carbocycles. The predicted molar refractivity (Wildman–Crippen MR) is 278 cm³/mol. The van der Waals surface area contributed by atoms with Gasteiger partial charge in [0.1, 0.15) is 11.2 Å². The molecule has 12 rings (SSSR count). The quantitative estimate of drug-likeness (QED) is 0.162. The van der Waals surface area contributed by atoms with Crippen molar-refractivity contribution in [1.29, 1.82) is 0 Å². The van der Waals surface area contributed by atoms with E-state index in [0.717, 1.165) is 17.6 Å². The van der Waals surface area contributed by atoms with Crippen molar-refractivity contribution in [3.8, 4) is 22.3 Å². The standard InChI is InChI=1S/C61H67BN2O/c1-36-29-43-44-32-39(57(5,6)7)33-47-54(44)64(61(13)26-18-17-25-60(47,61)12)62-52(43)50(30-36)63(48-23-21-38(56(2,3)4)31-41(48)37-19-15-14-16-20-37)49-24-22-40-42-34-45-46(35-51(42)65-55(40)53(49)62)59(10,11)28-27-58(45,8)9/h14-16,19-24,29-35H,17-18,25-28H2,1-13H3. The zero-order valence-electron chi connectivity index (χ0n) is 41.4. The van der Waals surface area contributed by atoms with Gasteiger partial charge in [0.15, 0.2) is 0 Å². The molecule has 1 saturated carbocycles. The lowest BCUT2D eigenvalue weighted by atomic mass is 9.42. The second kappa shape index (κ2) is 13.0. The minimum atomic E-state index is -0.104. The highest BCUT2D eigenvalue weighted by atomic mass is 16.3. The van der Waals surface area contributed by atoms with Crippen molar-refractivity contribution < 1.29 is 4.42 Å². The molecular formula is C61H67BN2O. The van der Waals surface area contributed by atoms with E-state index in [2.05, 4.69) is 197 Å². The highest BCUT2D eigenvalue weighted by molar-refractivity contribution is 6.94. The fourth-order valence-electron chi connectivity index (χ4n) is 13.6. The lowest BCUT2D eigenvalue weighted by molar-refractivity contribution is 0.199. The van der Waals surface area contributed by atoms with Gasteiger partial charge in [0.25, 0.3) is 0 Å². The van der Waals surface area contributed by atoms with Crippen LogP contribution < -0.4 is 20.6 Å². The van der Waals surface area contributed by atoms with Crippen LogP contribution in [0.2, 0.25) is 0 Å². The molecular weight excluding hydrogens is 787 g/mol. The first-order valence-corrected chi connectivity index (χ1v) is 24.8.